The van der Waals surface area contributed by atoms with Crippen molar-refractivity contribution >= 4 is 28.6 Å². The molecular formula is C19H22N2O2S. The number of thioether (sulfide) groups is 1. The standard InChI is InChI=1S/C15H16N2O2.C4H6S/c1-15(5-2-6-15)10-4-3-9-7-11(13(16)18)14(19)17-12(9)8-10;1-2-4-5-3-1/h3-4,7-8H,2,5-6H2,1H3,(H2,16,18)(H,17,19);1,3H,2,4H2. The molecule has 1 saturated carbocycles. The number of pyridine rings is 1. The monoisotopic (exact) mass is 342 g/mol. The number of nitrogens with two attached hydrogens (primary N) is 1. The zero-order chi connectivity index (χ0) is 17.2. The van der Waals surface area contributed by atoms with Crippen LogP contribution in [0.25, 0.3) is 10.9 Å². The van der Waals surface area contributed by atoms with Crippen molar-refractivity contribution in [3.05, 3.63) is 57.2 Å². The maximum atomic E-state index is 11.8. The summed E-state index contributed by atoms with van der Waals surface area (Å²) in [5, 5.41) is 2.99. The first kappa shape index (κ1) is 16.8. The predicted octanol–water partition coefficient (Wildman–Crippen LogP) is 3.71. The van der Waals surface area contributed by atoms with Crippen molar-refractivity contribution in [2.45, 2.75) is 38.0 Å². The van der Waals surface area contributed by atoms with Crippen molar-refractivity contribution < 1.29 is 4.79 Å². The minimum Gasteiger partial charge on any atom is -0.365 e. The minimum atomic E-state index is -0.696. The molecule has 0 atom stereocenters. The summed E-state index contributed by atoms with van der Waals surface area (Å²) in [4.78, 5) is 25.7. The zero-order valence-electron chi connectivity index (χ0n) is 13.8. The van der Waals surface area contributed by atoms with Crippen LogP contribution in [-0.2, 0) is 5.41 Å². The van der Waals surface area contributed by atoms with Crippen molar-refractivity contribution in [1.29, 1.82) is 0 Å². The Kier molecular flexibility index (Phi) is 4.81. The Morgan fingerprint density at radius 3 is 2.58 bits per heavy atom. The normalized spacial score (nSPS) is 17.9. The molecule has 3 N–H and O–H groups in total. The second-order valence-electron chi connectivity index (χ2n) is 6.62. The number of hydrogen-bond acceptors (Lipinski definition) is 3. The SMILES string of the molecule is C1=CSCC1.CC1(c2ccc3cc(C(N)=O)c(=O)[nH]c3c2)CCC1. The molecule has 0 spiro atoms. The number of carbonyl (C=O) groups excluding carboxylic acids is 1. The number of hydrogen-bond donors (Lipinski definition) is 2. The van der Waals surface area contributed by atoms with Gasteiger partial charge in [-0.1, -0.05) is 31.6 Å². The second kappa shape index (κ2) is 6.85. The third-order valence-corrected chi connectivity index (χ3v) is 5.72. The smallest absolute Gasteiger partial charge is 0.261 e. The maximum absolute atomic E-state index is 11.8. The van der Waals surface area contributed by atoms with Crippen LogP contribution in [0.5, 0.6) is 0 Å². The lowest BCUT2D eigenvalue weighted by Crippen LogP contribution is -2.30. The fraction of sp³-hybridized carbons (Fsp3) is 0.368. The van der Waals surface area contributed by atoms with Crippen molar-refractivity contribution in [2.75, 3.05) is 5.75 Å². The molecule has 24 heavy (non-hydrogen) atoms. The van der Waals surface area contributed by atoms with E-state index in [0.717, 1.165) is 10.9 Å². The van der Waals surface area contributed by atoms with Gasteiger partial charge in [0.1, 0.15) is 5.56 Å². The van der Waals surface area contributed by atoms with Crippen molar-refractivity contribution in [3.63, 3.8) is 0 Å². The molecule has 1 aromatic heterocycles. The molecule has 0 bridgehead atoms. The highest BCUT2D eigenvalue weighted by Gasteiger charge is 2.33. The Morgan fingerprint density at radius 2 is 2.08 bits per heavy atom. The van der Waals surface area contributed by atoms with Gasteiger partial charge in [-0.05, 0) is 53.2 Å². The highest BCUT2D eigenvalue weighted by Crippen LogP contribution is 2.43. The lowest BCUT2D eigenvalue weighted by molar-refractivity contribution is 0.0999. The number of aromatic amines is 1. The van der Waals surface area contributed by atoms with Crippen molar-refractivity contribution in [1.82, 2.24) is 4.98 Å². The summed E-state index contributed by atoms with van der Waals surface area (Å²) in [5.41, 5.74) is 7.00. The van der Waals surface area contributed by atoms with E-state index in [1.54, 1.807) is 6.07 Å². The number of primary amides is 1. The highest BCUT2D eigenvalue weighted by molar-refractivity contribution is 8.02. The molecule has 2 aliphatic rings. The van der Waals surface area contributed by atoms with E-state index in [1.807, 2.05) is 23.9 Å². The molecule has 1 fully saturated rings. The summed E-state index contributed by atoms with van der Waals surface area (Å²) in [6.45, 7) is 2.24. The van der Waals surface area contributed by atoms with E-state index in [0.29, 0.717) is 0 Å². The Bertz CT molecular complexity index is 844. The van der Waals surface area contributed by atoms with Crippen molar-refractivity contribution in [2.24, 2.45) is 5.73 Å². The average molecular weight is 342 g/mol. The molecule has 126 valence electrons. The number of nitrogens with one attached hydrogen (secondary N) is 1. The van der Waals surface area contributed by atoms with Gasteiger partial charge in [0.2, 0.25) is 0 Å². The molecule has 0 unspecified atom stereocenters. The Balaban J connectivity index is 0.000000290. The number of benzene rings is 1. The van der Waals surface area contributed by atoms with Crippen LogP contribution in [0.4, 0.5) is 0 Å². The first-order valence-electron chi connectivity index (χ1n) is 8.24. The van der Waals surface area contributed by atoms with Crippen LogP contribution in [0.3, 0.4) is 0 Å². The molecule has 1 aliphatic heterocycles. The summed E-state index contributed by atoms with van der Waals surface area (Å²) in [5.74, 6) is 0.609. The molecule has 4 nitrogen and oxygen atoms in total. The number of fused-ring (bicyclic) bond motifs is 1. The van der Waals surface area contributed by atoms with Crippen LogP contribution in [0.15, 0.2) is 40.5 Å². The summed E-state index contributed by atoms with van der Waals surface area (Å²) in [7, 11) is 0. The quantitative estimate of drug-likeness (QED) is 0.873. The highest BCUT2D eigenvalue weighted by atomic mass is 32.2. The molecule has 1 aromatic carbocycles. The van der Waals surface area contributed by atoms with Gasteiger partial charge < -0.3 is 10.7 Å². The van der Waals surface area contributed by atoms with Gasteiger partial charge in [0.05, 0.1) is 0 Å². The molecule has 1 amide bonds. The van der Waals surface area contributed by atoms with E-state index < -0.39 is 11.5 Å². The van der Waals surface area contributed by atoms with Gasteiger partial charge in [-0.2, -0.15) is 0 Å². The average Bonchev–Trinajstić information content (AvgIpc) is 3.10. The minimum absolute atomic E-state index is 0.00936. The first-order chi connectivity index (χ1) is 11.5. The van der Waals surface area contributed by atoms with E-state index in [1.165, 1.54) is 37.0 Å². The topological polar surface area (TPSA) is 76.0 Å². The Labute approximate surface area is 145 Å². The van der Waals surface area contributed by atoms with Gasteiger partial charge in [-0.3, -0.25) is 9.59 Å². The number of carbonyl (C=O) groups is 1. The van der Waals surface area contributed by atoms with Crippen LogP contribution < -0.4 is 11.3 Å². The third-order valence-electron chi connectivity index (χ3n) is 4.86. The van der Waals surface area contributed by atoms with Gasteiger partial charge in [0.15, 0.2) is 0 Å². The number of H-pyrrole nitrogens is 1. The first-order valence-corrected chi connectivity index (χ1v) is 9.28. The van der Waals surface area contributed by atoms with Crippen LogP contribution in [0.2, 0.25) is 0 Å². The largest absolute Gasteiger partial charge is 0.365 e. The van der Waals surface area contributed by atoms with Gasteiger partial charge >= 0.3 is 0 Å². The molecular weight excluding hydrogens is 320 g/mol. The van der Waals surface area contributed by atoms with E-state index in [-0.39, 0.29) is 11.0 Å². The van der Waals surface area contributed by atoms with Crippen LogP contribution >= 0.6 is 11.8 Å². The molecule has 4 rings (SSSR count). The van der Waals surface area contributed by atoms with Gasteiger partial charge in [-0.15, -0.1) is 11.8 Å². The molecule has 5 heteroatoms. The van der Waals surface area contributed by atoms with Gasteiger partial charge in [-0.25, -0.2) is 0 Å². The van der Waals surface area contributed by atoms with Crippen LogP contribution in [0.1, 0.15) is 48.5 Å². The molecule has 0 radical (unpaired) electrons. The number of allylic oxidation sites excluding steroid dienone is 1. The molecule has 2 heterocycles. The predicted molar refractivity (Wildman–Crippen MR) is 101 cm³/mol. The lowest BCUT2D eigenvalue weighted by atomic mass is 9.66. The van der Waals surface area contributed by atoms with E-state index in [9.17, 15) is 9.59 Å². The summed E-state index contributed by atoms with van der Waals surface area (Å²) in [6.07, 6.45) is 7.10. The summed E-state index contributed by atoms with van der Waals surface area (Å²) < 4.78 is 0. The van der Waals surface area contributed by atoms with Gasteiger partial charge in [0.25, 0.3) is 11.5 Å². The second-order valence-corrected chi connectivity index (χ2v) is 7.64. The Morgan fingerprint density at radius 1 is 1.29 bits per heavy atom. The molecule has 2 aromatic rings. The lowest BCUT2D eigenvalue weighted by Gasteiger charge is -2.39. The number of rotatable bonds is 2. The Hall–Kier alpha value is -2.01. The third kappa shape index (κ3) is 3.41. The molecule has 1 aliphatic carbocycles. The number of amides is 1. The van der Waals surface area contributed by atoms with Crippen molar-refractivity contribution in [3.8, 4) is 0 Å². The fourth-order valence-electron chi connectivity index (χ4n) is 3.10. The summed E-state index contributed by atoms with van der Waals surface area (Å²) >= 11 is 1.89. The van der Waals surface area contributed by atoms with Crippen LogP contribution in [0, 0.1) is 0 Å². The zero-order valence-corrected chi connectivity index (χ0v) is 14.6. The maximum Gasteiger partial charge on any atom is 0.261 e. The number of aromatic nitrogens is 1. The summed E-state index contributed by atoms with van der Waals surface area (Å²) in [6, 6.07) is 7.59. The van der Waals surface area contributed by atoms with E-state index in [2.05, 4.69) is 29.5 Å². The van der Waals surface area contributed by atoms with Crippen LogP contribution in [-0.4, -0.2) is 16.6 Å². The van der Waals surface area contributed by atoms with Gasteiger partial charge in [0, 0.05) is 11.3 Å². The van der Waals surface area contributed by atoms with E-state index in [4.69, 9.17) is 5.73 Å². The fourth-order valence-corrected chi connectivity index (χ4v) is 3.78. The molecule has 0 saturated heterocycles. The van der Waals surface area contributed by atoms with E-state index >= 15 is 0 Å².